The molecule has 1 aliphatic rings. The molecule has 0 aromatic heterocycles. The second kappa shape index (κ2) is 9.06. The van der Waals surface area contributed by atoms with Crippen molar-refractivity contribution in [1.29, 1.82) is 0 Å². The van der Waals surface area contributed by atoms with E-state index in [0.29, 0.717) is 5.57 Å². The molecule has 1 aromatic rings. The van der Waals surface area contributed by atoms with Gasteiger partial charge >= 0.3 is 19.8 Å². The van der Waals surface area contributed by atoms with E-state index in [0.717, 1.165) is 0 Å². The van der Waals surface area contributed by atoms with E-state index in [2.05, 4.69) is 0 Å². The molecule has 0 amide bonds. The topological polar surface area (TPSA) is 57.5 Å². The second-order valence-electron chi connectivity index (χ2n) is 2.46. The normalized spacial score (nSPS) is 11.1. The van der Waals surface area contributed by atoms with Gasteiger partial charge in [0.05, 0.1) is 5.57 Å². The summed E-state index contributed by atoms with van der Waals surface area (Å²) in [5.41, 5.74) is 0.463. The first-order chi connectivity index (χ1) is 7.30. The predicted molar refractivity (Wildman–Crippen MR) is 53.3 cm³/mol. The molecule has 15 heavy (non-hydrogen) atoms. The Kier molecular flexibility index (Phi) is 8.15. The van der Waals surface area contributed by atoms with Crippen LogP contribution in [0.2, 0.25) is 0 Å². The summed E-state index contributed by atoms with van der Waals surface area (Å²) in [5.74, 6) is -0.616. The van der Waals surface area contributed by atoms with Crippen LogP contribution in [0.1, 0.15) is 0 Å². The van der Waals surface area contributed by atoms with Crippen LogP contribution < -0.4 is 0 Å². The van der Waals surface area contributed by atoms with Gasteiger partial charge in [0, 0.05) is 0 Å². The fourth-order valence-corrected chi connectivity index (χ4v) is 0.844. The van der Waals surface area contributed by atoms with Crippen LogP contribution in [0.25, 0.3) is 0 Å². The minimum absolute atomic E-state index is 0.463. The first-order valence-electron chi connectivity index (χ1n) is 4.09. The zero-order valence-electron chi connectivity index (χ0n) is 7.85. The number of aliphatic hydroxyl groups is 2. The smallest absolute Gasteiger partial charge is 0.172 e. The van der Waals surface area contributed by atoms with E-state index in [-0.39, 0.29) is 0 Å². The van der Waals surface area contributed by atoms with Crippen LogP contribution in [0.4, 0.5) is 0 Å². The van der Waals surface area contributed by atoms with Gasteiger partial charge in [0.15, 0.2) is 0 Å². The van der Waals surface area contributed by atoms with Crippen molar-refractivity contribution in [2.24, 2.45) is 0 Å². The van der Waals surface area contributed by atoms with Gasteiger partial charge < -0.3 is 10.2 Å². The summed E-state index contributed by atoms with van der Waals surface area (Å²) in [6, 6.07) is 10.0. The van der Waals surface area contributed by atoms with Crippen molar-refractivity contribution in [1.82, 2.24) is 0 Å². The van der Waals surface area contributed by atoms with E-state index >= 15 is 0 Å². The van der Waals surface area contributed by atoms with Crippen molar-refractivity contribution in [3.63, 3.8) is 0 Å². The first kappa shape index (κ1) is 13.5. The van der Waals surface area contributed by atoms with E-state index in [1.54, 1.807) is 24.3 Å². The van der Waals surface area contributed by atoms with Gasteiger partial charge in [0.2, 0.25) is 0 Å². The van der Waals surface area contributed by atoms with Crippen molar-refractivity contribution in [2.45, 2.75) is 0 Å². The van der Waals surface area contributed by atoms with Gasteiger partial charge in [-0.25, -0.2) is 12.1 Å². The molecule has 0 fully saturated rings. The third-order valence-corrected chi connectivity index (χ3v) is 1.48. The Morgan fingerprint density at radius 1 is 1.07 bits per heavy atom. The summed E-state index contributed by atoms with van der Waals surface area (Å²) in [7, 11) is 0. The average molecular weight is 247 g/mol. The largest absolute Gasteiger partial charge is 0.214 e. The van der Waals surface area contributed by atoms with Crippen LogP contribution in [0.15, 0.2) is 66.2 Å². The summed E-state index contributed by atoms with van der Waals surface area (Å²) < 4.78 is 8.00. The Balaban J connectivity index is 0.000000241. The molecule has 0 heterocycles. The summed E-state index contributed by atoms with van der Waals surface area (Å²) in [6.07, 6.45) is 6.72. The first-order valence-corrected chi connectivity index (χ1v) is 4.54. The summed E-state index contributed by atoms with van der Waals surface area (Å²) >= 11 is 2.00. The van der Waals surface area contributed by atoms with Crippen LogP contribution in [-0.4, -0.2) is 10.2 Å². The monoisotopic (exact) mass is 247 g/mol. The molecule has 0 atom stereocenters. The van der Waals surface area contributed by atoms with Gasteiger partial charge in [0.25, 0.3) is 5.95 Å². The maximum atomic E-state index is 8.38. The molecule has 4 heteroatoms. The summed E-state index contributed by atoms with van der Waals surface area (Å²) in [5, 5.41) is 16.8. The van der Waals surface area contributed by atoms with Gasteiger partial charge in [-0.3, -0.25) is 0 Å². The van der Waals surface area contributed by atoms with Crippen LogP contribution in [0.5, 0.6) is 0 Å². The SMILES string of the molecule is OC(O)=C1C=CC=C1.[O]=[Fe+].c1cc[cH-]c1. The molecular formula is C11H11FeO3. The third-order valence-electron chi connectivity index (χ3n) is 1.48. The molecule has 0 radical (unpaired) electrons. The van der Waals surface area contributed by atoms with Crippen molar-refractivity contribution in [3.05, 3.63) is 66.2 Å². The van der Waals surface area contributed by atoms with Crippen molar-refractivity contribution < 1.29 is 30.0 Å². The molecule has 2 N–H and O–H groups in total. The molecule has 1 aromatic carbocycles. The second-order valence-corrected chi connectivity index (χ2v) is 2.46. The Labute approximate surface area is 96.4 Å². The summed E-state index contributed by atoms with van der Waals surface area (Å²) in [6.45, 7) is 0. The number of allylic oxidation sites excluding steroid dienone is 5. The molecule has 0 saturated carbocycles. The van der Waals surface area contributed by atoms with Gasteiger partial charge in [-0.2, -0.15) is 18.2 Å². The minimum atomic E-state index is -0.616. The molecule has 0 spiro atoms. The molecule has 0 saturated heterocycles. The van der Waals surface area contributed by atoms with Gasteiger partial charge in [-0.1, -0.05) is 12.2 Å². The molecular weight excluding hydrogens is 236 g/mol. The van der Waals surface area contributed by atoms with Gasteiger partial charge in [-0.05, 0) is 12.2 Å². The standard InChI is InChI=1S/C6H6O2.C5H5.Fe.O/c7-6(8)5-3-1-2-4-5;1-2-4-5-3-1;;/h1-4,7-8H;1-5H;;/q;-1;+1;. The number of rotatable bonds is 0. The van der Waals surface area contributed by atoms with E-state index in [1.807, 2.05) is 46.3 Å². The van der Waals surface area contributed by atoms with Crippen molar-refractivity contribution in [3.8, 4) is 0 Å². The molecule has 0 bridgehead atoms. The number of aliphatic hydroxyl groups excluding tert-OH is 1. The van der Waals surface area contributed by atoms with E-state index in [4.69, 9.17) is 14.0 Å². The third kappa shape index (κ3) is 6.55. The van der Waals surface area contributed by atoms with Crippen molar-refractivity contribution >= 4 is 0 Å². The van der Waals surface area contributed by atoms with Gasteiger partial charge in [-0.15, -0.1) is 0 Å². The fourth-order valence-electron chi connectivity index (χ4n) is 0.844. The van der Waals surface area contributed by atoms with Crippen LogP contribution in [0, 0.1) is 0 Å². The zero-order chi connectivity index (χ0) is 11.5. The quantitative estimate of drug-likeness (QED) is 0.421. The Hall–Kier alpha value is -1.51. The fraction of sp³-hybridized carbons (Fsp3) is 0. The van der Waals surface area contributed by atoms with E-state index < -0.39 is 5.95 Å². The van der Waals surface area contributed by atoms with Crippen LogP contribution in [0.3, 0.4) is 0 Å². The Bertz CT molecular complexity index is 302. The molecule has 1 aliphatic carbocycles. The number of hydrogen-bond acceptors (Lipinski definition) is 3. The predicted octanol–water partition coefficient (Wildman–Crippen LogP) is 2.72. The maximum Gasteiger partial charge on any atom is -0.172 e. The molecule has 2 rings (SSSR count). The Morgan fingerprint density at radius 2 is 1.53 bits per heavy atom. The molecule has 0 aliphatic heterocycles. The van der Waals surface area contributed by atoms with Crippen LogP contribution in [-0.2, 0) is 19.8 Å². The summed E-state index contributed by atoms with van der Waals surface area (Å²) in [4.78, 5) is 0. The van der Waals surface area contributed by atoms with Crippen molar-refractivity contribution in [2.75, 3.05) is 0 Å². The molecule has 3 nitrogen and oxygen atoms in total. The average Bonchev–Trinajstić information content (AvgIpc) is 2.97. The van der Waals surface area contributed by atoms with Crippen LogP contribution >= 0.6 is 0 Å². The van der Waals surface area contributed by atoms with E-state index in [9.17, 15) is 0 Å². The Morgan fingerprint density at radius 3 is 1.73 bits per heavy atom. The van der Waals surface area contributed by atoms with Gasteiger partial charge in [0.1, 0.15) is 0 Å². The van der Waals surface area contributed by atoms with E-state index in [1.165, 1.54) is 0 Å². The zero-order valence-corrected chi connectivity index (χ0v) is 8.96. The molecule has 81 valence electrons. The maximum absolute atomic E-state index is 8.38. The molecule has 0 unspecified atom stereocenters. The number of hydrogen-bond donors (Lipinski definition) is 2. The minimum Gasteiger partial charge on any atom is -0.214 e.